The van der Waals surface area contributed by atoms with Crippen LogP contribution in [0.2, 0.25) is 0 Å². The second kappa shape index (κ2) is 6.32. The highest BCUT2D eigenvalue weighted by Crippen LogP contribution is 2.20. The summed E-state index contributed by atoms with van der Waals surface area (Å²) in [5.41, 5.74) is 6.56. The lowest BCUT2D eigenvalue weighted by Gasteiger charge is -2.06. The summed E-state index contributed by atoms with van der Waals surface area (Å²) >= 11 is 1.27. The maximum absolute atomic E-state index is 11.8. The summed E-state index contributed by atoms with van der Waals surface area (Å²) in [6, 6.07) is -0.146. The minimum Gasteiger partial charge on any atom is -0.365 e. The van der Waals surface area contributed by atoms with Gasteiger partial charge in [0.05, 0.1) is 12.3 Å². The van der Waals surface area contributed by atoms with E-state index in [1.165, 1.54) is 11.3 Å². The van der Waals surface area contributed by atoms with Gasteiger partial charge in [-0.3, -0.25) is 0 Å². The minimum absolute atomic E-state index is 0.122. The summed E-state index contributed by atoms with van der Waals surface area (Å²) in [6.45, 7) is 0.644. The van der Waals surface area contributed by atoms with Crippen LogP contribution in [0, 0.1) is 0 Å². The lowest BCUT2D eigenvalue weighted by Crippen LogP contribution is -2.16. The zero-order valence-corrected chi connectivity index (χ0v) is 10.3. The molecule has 0 saturated carbocycles. The van der Waals surface area contributed by atoms with Crippen molar-refractivity contribution >= 4 is 11.3 Å². The van der Waals surface area contributed by atoms with Crippen molar-refractivity contribution in [2.45, 2.75) is 38.6 Å². The largest absolute Gasteiger partial charge is 0.411 e. The summed E-state index contributed by atoms with van der Waals surface area (Å²) in [5, 5.41) is 2.29. The molecule has 98 valence electrons. The highest BCUT2D eigenvalue weighted by molar-refractivity contribution is 7.09. The van der Waals surface area contributed by atoms with E-state index in [-0.39, 0.29) is 12.6 Å². The van der Waals surface area contributed by atoms with Gasteiger partial charge in [-0.05, 0) is 6.42 Å². The number of ether oxygens (including phenoxy) is 1. The van der Waals surface area contributed by atoms with Gasteiger partial charge in [0.2, 0.25) is 0 Å². The number of aromatic nitrogens is 1. The van der Waals surface area contributed by atoms with Gasteiger partial charge in [0.1, 0.15) is 11.6 Å². The molecule has 1 rings (SSSR count). The second-order valence-electron chi connectivity index (χ2n) is 3.67. The molecule has 17 heavy (non-hydrogen) atoms. The van der Waals surface area contributed by atoms with E-state index in [9.17, 15) is 13.2 Å². The van der Waals surface area contributed by atoms with Gasteiger partial charge in [-0.1, -0.05) is 13.3 Å². The second-order valence-corrected chi connectivity index (χ2v) is 4.61. The molecule has 1 heterocycles. The van der Waals surface area contributed by atoms with E-state index in [0.29, 0.717) is 5.01 Å². The van der Waals surface area contributed by atoms with E-state index in [1.807, 2.05) is 6.92 Å². The first-order chi connectivity index (χ1) is 7.92. The fourth-order valence-corrected chi connectivity index (χ4v) is 2.07. The third kappa shape index (κ3) is 5.47. The number of nitrogens with two attached hydrogens (primary N) is 1. The Kier molecular flexibility index (Phi) is 5.35. The van der Waals surface area contributed by atoms with Crippen molar-refractivity contribution in [1.82, 2.24) is 4.98 Å². The van der Waals surface area contributed by atoms with Crippen molar-refractivity contribution in [3.8, 4) is 0 Å². The molecule has 0 aliphatic rings. The van der Waals surface area contributed by atoms with Gasteiger partial charge in [0.15, 0.2) is 0 Å². The Labute approximate surface area is 102 Å². The summed E-state index contributed by atoms with van der Waals surface area (Å²) in [5.74, 6) is 0. The van der Waals surface area contributed by atoms with Crippen LogP contribution in [0.15, 0.2) is 5.38 Å². The molecule has 1 unspecified atom stereocenters. The first-order valence-corrected chi connectivity index (χ1v) is 6.14. The fourth-order valence-electron chi connectivity index (χ4n) is 1.27. The molecule has 0 radical (unpaired) electrons. The number of rotatable bonds is 6. The number of hydrogen-bond donors (Lipinski definition) is 1. The van der Waals surface area contributed by atoms with Gasteiger partial charge in [-0.25, -0.2) is 4.98 Å². The highest BCUT2D eigenvalue weighted by atomic mass is 32.1. The summed E-state index contributed by atoms with van der Waals surface area (Å²) in [7, 11) is 0. The smallest absolute Gasteiger partial charge is 0.365 e. The van der Waals surface area contributed by atoms with Crippen molar-refractivity contribution in [2.24, 2.45) is 5.73 Å². The predicted octanol–water partition coefficient (Wildman–Crippen LogP) is 3.02. The standard InChI is InChI=1S/C10H15F3N2OS/c1-2-3-7(14)8-5-17-9(15-8)4-16-6-10(11,12)13/h5,7H,2-4,6,14H2,1H3. The summed E-state index contributed by atoms with van der Waals surface area (Å²) < 4.78 is 40.0. The van der Waals surface area contributed by atoms with E-state index in [0.717, 1.165) is 18.5 Å². The number of nitrogens with zero attached hydrogens (tertiary/aromatic N) is 1. The lowest BCUT2D eigenvalue weighted by molar-refractivity contribution is -0.176. The summed E-state index contributed by atoms with van der Waals surface area (Å²) in [4.78, 5) is 4.15. The molecule has 0 aliphatic carbocycles. The Balaban J connectivity index is 2.40. The van der Waals surface area contributed by atoms with E-state index in [1.54, 1.807) is 5.38 Å². The molecule has 1 aromatic heterocycles. The van der Waals surface area contributed by atoms with Crippen molar-refractivity contribution in [1.29, 1.82) is 0 Å². The minimum atomic E-state index is -4.29. The van der Waals surface area contributed by atoms with Crippen molar-refractivity contribution in [3.63, 3.8) is 0 Å². The van der Waals surface area contributed by atoms with Crippen LogP contribution < -0.4 is 5.73 Å². The zero-order chi connectivity index (χ0) is 12.9. The van der Waals surface area contributed by atoms with Crippen LogP contribution >= 0.6 is 11.3 Å². The Morgan fingerprint density at radius 3 is 2.82 bits per heavy atom. The van der Waals surface area contributed by atoms with Crippen molar-refractivity contribution in [2.75, 3.05) is 6.61 Å². The van der Waals surface area contributed by atoms with Crippen LogP contribution in [0.25, 0.3) is 0 Å². The molecule has 0 spiro atoms. The Bertz CT molecular complexity index is 341. The molecular formula is C10H15F3N2OS. The molecule has 0 fully saturated rings. The molecule has 0 bridgehead atoms. The van der Waals surface area contributed by atoms with Gasteiger partial charge in [0, 0.05) is 11.4 Å². The number of thiazole rings is 1. The van der Waals surface area contributed by atoms with Crippen molar-refractivity contribution in [3.05, 3.63) is 16.1 Å². The third-order valence-electron chi connectivity index (χ3n) is 2.04. The first kappa shape index (κ1) is 14.4. The van der Waals surface area contributed by atoms with Crippen LogP contribution in [0.3, 0.4) is 0 Å². The molecular weight excluding hydrogens is 253 g/mol. The zero-order valence-electron chi connectivity index (χ0n) is 9.46. The van der Waals surface area contributed by atoms with E-state index < -0.39 is 12.8 Å². The monoisotopic (exact) mass is 268 g/mol. The molecule has 0 amide bonds. The van der Waals surface area contributed by atoms with Gasteiger partial charge < -0.3 is 10.5 Å². The molecule has 3 nitrogen and oxygen atoms in total. The van der Waals surface area contributed by atoms with Crippen molar-refractivity contribution < 1.29 is 17.9 Å². The van der Waals surface area contributed by atoms with E-state index in [4.69, 9.17) is 5.73 Å². The maximum atomic E-state index is 11.8. The molecule has 0 saturated heterocycles. The third-order valence-corrected chi connectivity index (χ3v) is 2.88. The van der Waals surface area contributed by atoms with Crippen LogP contribution in [0.4, 0.5) is 13.2 Å². The average molecular weight is 268 g/mol. The first-order valence-electron chi connectivity index (χ1n) is 5.26. The molecule has 2 N–H and O–H groups in total. The number of alkyl halides is 3. The van der Waals surface area contributed by atoms with Crippen LogP contribution in [-0.4, -0.2) is 17.8 Å². The Morgan fingerprint density at radius 2 is 2.24 bits per heavy atom. The topological polar surface area (TPSA) is 48.1 Å². The average Bonchev–Trinajstić information content (AvgIpc) is 2.65. The van der Waals surface area contributed by atoms with E-state index >= 15 is 0 Å². The van der Waals surface area contributed by atoms with Gasteiger partial charge in [-0.15, -0.1) is 11.3 Å². The Hall–Kier alpha value is -0.660. The summed E-state index contributed by atoms with van der Waals surface area (Å²) in [6.07, 6.45) is -2.54. The van der Waals surface area contributed by atoms with Crippen LogP contribution in [0.1, 0.15) is 36.5 Å². The lowest BCUT2D eigenvalue weighted by atomic mass is 10.1. The number of halogens is 3. The molecule has 7 heteroatoms. The predicted molar refractivity (Wildman–Crippen MR) is 59.7 cm³/mol. The molecule has 1 aromatic rings. The van der Waals surface area contributed by atoms with Gasteiger partial charge in [0.25, 0.3) is 0 Å². The molecule has 0 aromatic carbocycles. The van der Waals surface area contributed by atoms with Gasteiger partial charge in [-0.2, -0.15) is 13.2 Å². The van der Waals surface area contributed by atoms with Crippen LogP contribution in [0.5, 0.6) is 0 Å². The van der Waals surface area contributed by atoms with E-state index in [2.05, 4.69) is 9.72 Å². The molecule has 1 atom stereocenters. The normalized spacial score (nSPS) is 13.9. The maximum Gasteiger partial charge on any atom is 0.411 e. The number of hydrogen-bond acceptors (Lipinski definition) is 4. The molecule has 0 aliphatic heterocycles. The van der Waals surface area contributed by atoms with Crippen LogP contribution in [-0.2, 0) is 11.3 Å². The van der Waals surface area contributed by atoms with Gasteiger partial charge >= 0.3 is 6.18 Å². The Morgan fingerprint density at radius 1 is 1.53 bits per heavy atom. The fraction of sp³-hybridized carbons (Fsp3) is 0.700. The quantitative estimate of drug-likeness (QED) is 0.862. The highest BCUT2D eigenvalue weighted by Gasteiger charge is 2.27. The SMILES string of the molecule is CCCC(N)c1csc(COCC(F)(F)F)n1.